The number of rotatable bonds is 5. The first-order chi connectivity index (χ1) is 17.3. The molecule has 2 aromatic rings. The fourth-order valence-electron chi connectivity index (χ4n) is 5.76. The van der Waals surface area contributed by atoms with Crippen molar-refractivity contribution in [2.24, 2.45) is 0 Å². The van der Waals surface area contributed by atoms with Gasteiger partial charge in [0.05, 0.1) is 23.0 Å². The number of sulfonamides is 1. The van der Waals surface area contributed by atoms with Gasteiger partial charge in [0, 0.05) is 86.6 Å². The molecule has 0 aliphatic carbocycles. The van der Waals surface area contributed by atoms with Crippen LogP contribution in [0.5, 0.6) is 0 Å². The lowest BCUT2D eigenvalue weighted by Gasteiger charge is -2.42. The number of carbonyl (C=O) groups is 1. The quantitative estimate of drug-likeness (QED) is 0.452. The molecule has 2 fully saturated rings. The van der Waals surface area contributed by atoms with Gasteiger partial charge in [-0.05, 0) is 55.9 Å². The number of anilines is 1. The average molecular weight is 640 g/mol. The lowest BCUT2D eigenvalue weighted by Crippen LogP contribution is -2.51. The van der Waals surface area contributed by atoms with E-state index in [-0.39, 0.29) is 11.9 Å². The van der Waals surface area contributed by atoms with Gasteiger partial charge in [-0.15, -0.1) is 0 Å². The summed E-state index contributed by atoms with van der Waals surface area (Å²) in [5.41, 5.74) is 4.73. The number of nitriles is 1. The summed E-state index contributed by atoms with van der Waals surface area (Å²) in [7, 11) is -1.69. The van der Waals surface area contributed by atoms with E-state index in [4.69, 9.17) is 0 Å². The third-order valence-corrected chi connectivity index (χ3v) is 10.6. The summed E-state index contributed by atoms with van der Waals surface area (Å²) in [6.07, 6.45) is 8.64. The highest BCUT2D eigenvalue weighted by Crippen LogP contribution is 2.41. The van der Waals surface area contributed by atoms with Gasteiger partial charge in [0.1, 0.15) is 6.07 Å². The Morgan fingerprint density at radius 3 is 2.64 bits per heavy atom. The molecular weight excluding hydrogens is 609 g/mol. The molecule has 0 spiro atoms. The number of amides is 1. The van der Waals surface area contributed by atoms with Crippen molar-refractivity contribution in [1.82, 2.24) is 13.2 Å². The molecule has 1 amide bonds. The largest absolute Gasteiger partial charge is 0.369 e. The zero-order valence-corrected chi connectivity index (χ0v) is 24.1. The van der Waals surface area contributed by atoms with Gasteiger partial charge in [0.2, 0.25) is 15.9 Å². The van der Waals surface area contributed by atoms with Gasteiger partial charge in [-0.25, -0.2) is 8.42 Å². The Bertz CT molecular complexity index is 1360. The molecule has 0 N–H and O–H groups in total. The molecule has 36 heavy (non-hydrogen) atoms. The summed E-state index contributed by atoms with van der Waals surface area (Å²) < 4.78 is 27.6. The van der Waals surface area contributed by atoms with Crippen LogP contribution >= 0.6 is 30.3 Å². The highest BCUT2D eigenvalue weighted by Gasteiger charge is 2.31. The van der Waals surface area contributed by atoms with Crippen LogP contribution < -0.4 is 4.90 Å². The van der Waals surface area contributed by atoms with Crippen molar-refractivity contribution in [3.05, 3.63) is 35.5 Å². The fourth-order valence-corrected chi connectivity index (χ4v) is 8.27. The minimum Gasteiger partial charge on any atom is -0.369 e. The number of nitrogens with zero attached hydrogens (tertiary/aromatic N) is 5. The highest BCUT2D eigenvalue weighted by molar-refractivity contribution is 14.2. The first-order valence-electron chi connectivity index (χ1n) is 12.4. The number of carbonyl (C=O) groups excluding carboxylic acids is 1. The predicted molar refractivity (Wildman–Crippen MR) is 153 cm³/mol. The molecule has 0 unspecified atom stereocenters. The van der Waals surface area contributed by atoms with E-state index in [9.17, 15) is 18.5 Å². The van der Waals surface area contributed by atoms with Gasteiger partial charge in [0.25, 0.3) is 0 Å². The zero-order chi connectivity index (χ0) is 25.4. The van der Waals surface area contributed by atoms with E-state index in [0.717, 1.165) is 73.2 Å². The van der Waals surface area contributed by atoms with Crippen molar-refractivity contribution in [3.8, 4) is 6.07 Å². The van der Waals surface area contributed by atoms with Crippen molar-refractivity contribution in [2.45, 2.75) is 44.6 Å². The molecule has 3 aliphatic rings. The Hall–Kier alpha value is -1.75. The lowest BCUT2D eigenvalue weighted by atomic mass is 9.99. The number of hydrogen-bond acceptors (Lipinski definition) is 6. The summed E-state index contributed by atoms with van der Waals surface area (Å²) in [6, 6.07) is 8.71. The average Bonchev–Trinajstić information content (AvgIpc) is 3.28. The molecule has 1 atom stereocenters. The molecule has 11 heteroatoms. The van der Waals surface area contributed by atoms with Crippen molar-refractivity contribution in [3.63, 3.8) is 0 Å². The molecule has 1 aromatic heterocycles. The standard InChI is InChI=1S/C25H30IN5O3S2/c1-36(33,34)29-13-9-18(10-14-29)23-15-21-22(8-7-19(16-27)25(21)31(23)35-26)28-11-4-5-20(17-28)30-12-3-2-6-24(30)32/h7-9,15,20H,2-6,10-14,17H2,1H3/t20-/m1/s1. The van der Waals surface area contributed by atoms with Gasteiger partial charge < -0.3 is 9.80 Å². The normalized spacial score (nSPS) is 22.1. The molecule has 2 saturated heterocycles. The van der Waals surface area contributed by atoms with Crippen molar-refractivity contribution in [1.29, 1.82) is 5.26 Å². The number of piperidine rings is 2. The molecule has 3 aliphatic heterocycles. The predicted octanol–water partition coefficient (Wildman–Crippen LogP) is 4.39. The van der Waals surface area contributed by atoms with E-state index < -0.39 is 10.0 Å². The van der Waals surface area contributed by atoms with Gasteiger partial charge in [0.15, 0.2) is 0 Å². The van der Waals surface area contributed by atoms with Crippen molar-refractivity contribution >= 4 is 68.4 Å². The summed E-state index contributed by atoms with van der Waals surface area (Å²) in [5, 5.41) is 11.0. The van der Waals surface area contributed by atoms with E-state index in [1.165, 1.54) is 19.7 Å². The van der Waals surface area contributed by atoms with E-state index in [0.29, 0.717) is 31.5 Å². The molecule has 0 saturated carbocycles. The minimum atomic E-state index is -3.22. The molecule has 192 valence electrons. The van der Waals surface area contributed by atoms with Crippen LogP contribution in [-0.4, -0.2) is 72.5 Å². The number of aromatic nitrogens is 1. The van der Waals surface area contributed by atoms with Crippen molar-refractivity contribution < 1.29 is 13.2 Å². The van der Waals surface area contributed by atoms with E-state index in [2.05, 4.69) is 47.1 Å². The minimum absolute atomic E-state index is 0.223. The van der Waals surface area contributed by atoms with Crippen LogP contribution in [0, 0.1) is 11.3 Å². The maximum absolute atomic E-state index is 12.6. The van der Waals surface area contributed by atoms with Crippen molar-refractivity contribution in [2.75, 3.05) is 43.9 Å². The topological polar surface area (TPSA) is 89.7 Å². The Morgan fingerprint density at radius 2 is 1.97 bits per heavy atom. The number of likely N-dealkylation sites (tertiary alicyclic amines) is 1. The summed E-state index contributed by atoms with van der Waals surface area (Å²) in [4.78, 5) is 17.1. The van der Waals surface area contributed by atoms with Gasteiger partial charge in [-0.2, -0.15) is 9.57 Å². The lowest BCUT2D eigenvalue weighted by molar-refractivity contribution is -0.135. The van der Waals surface area contributed by atoms with Crippen LogP contribution in [0.25, 0.3) is 16.5 Å². The Kier molecular flexibility index (Phi) is 7.59. The SMILES string of the molecule is CS(=O)(=O)N1CC=C(c2cc3c(N4CCC[C@@H](N5CCCCC5=O)C4)ccc(C#N)c3n2SI)CC1. The fraction of sp³-hybridized carbons (Fsp3) is 0.520. The molecule has 4 heterocycles. The first-order valence-corrected chi connectivity index (χ1v) is 17.5. The van der Waals surface area contributed by atoms with E-state index in [1.807, 2.05) is 18.2 Å². The van der Waals surface area contributed by atoms with E-state index >= 15 is 0 Å². The second-order valence-corrected chi connectivity index (χ2v) is 13.5. The smallest absolute Gasteiger partial charge is 0.222 e. The second kappa shape index (κ2) is 10.6. The van der Waals surface area contributed by atoms with Gasteiger partial charge >= 0.3 is 0 Å². The van der Waals surface area contributed by atoms with Crippen LogP contribution in [0.1, 0.15) is 49.8 Å². The van der Waals surface area contributed by atoms with Crippen LogP contribution in [0.4, 0.5) is 5.69 Å². The second-order valence-electron chi connectivity index (χ2n) is 9.79. The Balaban J connectivity index is 1.53. The van der Waals surface area contributed by atoms with Crippen LogP contribution in [0.3, 0.4) is 0 Å². The van der Waals surface area contributed by atoms with E-state index in [1.54, 1.807) is 0 Å². The third kappa shape index (κ3) is 4.89. The Morgan fingerprint density at radius 1 is 1.14 bits per heavy atom. The summed E-state index contributed by atoms with van der Waals surface area (Å²) in [6.45, 7) is 3.38. The summed E-state index contributed by atoms with van der Waals surface area (Å²) in [5.74, 6) is 0.278. The number of halogens is 1. The van der Waals surface area contributed by atoms with Crippen LogP contribution in [-0.2, 0) is 14.8 Å². The number of hydrogen-bond donors (Lipinski definition) is 0. The maximum Gasteiger partial charge on any atom is 0.222 e. The molecule has 0 bridgehead atoms. The number of fused-ring (bicyclic) bond motifs is 1. The van der Waals surface area contributed by atoms with Gasteiger partial charge in [-0.3, -0.25) is 8.77 Å². The van der Waals surface area contributed by atoms with Crippen LogP contribution in [0.15, 0.2) is 24.3 Å². The first kappa shape index (κ1) is 25.9. The molecule has 5 rings (SSSR count). The Labute approximate surface area is 229 Å². The summed E-state index contributed by atoms with van der Waals surface area (Å²) >= 11 is 2.25. The maximum atomic E-state index is 12.6. The highest BCUT2D eigenvalue weighted by atomic mass is 127. The number of benzene rings is 1. The van der Waals surface area contributed by atoms with Gasteiger partial charge in [-0.1, -0.05) is 6.08 Å². The zero-order valence-electron chi connectivity index (χ0n) is 20.3. The molecule has 0 radical (unpaired) electrons. The molecular formula is C25H30IN5O3S2. The van der Waals surface area contributed by atoms with Crippen LogP contribution in [0.2, 0.25) is 0 Å². The molecule has 8 nitrogen and oxygen atoms in total. The molecule has 1 aromatic carbocycles. The monoisotopic (exact) mass is 639 g/mol. The third-order valence-electron chi connectivity index (χ3n) is 7.59.